The van der Waals surface area contributed by atoms with Gasteiger partial charge in [-0.05, 0) is 48.9 Å². The Balaban J connectivity index is 1.93. The number of anilines is 1. The third-order valence-electron chi connectivity index (χ3n) is 4.07. The zero-order chi connectivity index (χ0) is 23.1. The first-order valence-electron chi connectivity index (χ1n) is 9.09. The van der Waals surface area contributed by atoms with E-state index in [-0.39, 0.29) is 15.8 Å². The normalized spacial score (nSPS) is 12.4. The van der Waals surface area contributed by atoms with Crippen LogP contribution in [0.15, 0.2) is 47.4 Å². The topological polar surface area (TPSA) is 154 Å². The molecule has 164 valence electrons. The van der Waals surface area contributed by atoms with Crippen LogP contribution in [0.5, 0.6) is 0 Å². The van der Waals surface area contributed by atoms with Crippen LogP contribution in [0.25, 0.3) is 0 Å². The Labute approximate surface area is 186 Å². The van der Waals surface area contributed by atoms with Crippen molar-refractivity contribution < 1.29 is 18.6 Å². The van der Waals surface area contributed by atoms with Crippen molar-refractivity contribution in [2.24, 2.45) is 5.73 Å². The molecule has 0 saturated carbocycles. The van der Waals surface area contributed by atoms with Crippen LogP contribution in [0, 0.1) is 5.41 Å². The maximum atomic E-state index is 12.2. The van der Waals surface area contributed by atoms with Crippen molar-refractivity contribution in [2.45, 2.75) is 31.2 Å². The summed E-state index contributed by atoms with van der Waals surface area (Å²) in [5.41, 5.74) is 7.02. The number of nitrogen functional groups attached to an aromatic ring is 1. The number of nitrogens with two attached hydrogens (primary N) is 1. The molecular formula is C20H22ClN5O4S. The first kappa shape index (κ1) is 24.0. The molecule has 2 atom stereocenters. The highest BCUT2D eigenvalue weighted by Gasteiger charge is 2.16. The van der Waals surface area contributed by atoms with Gasteiger partial charge in [-0.25, -0.2) is 4.21 Å². The Morgan fingerprint density at radius 1 is 1.13 bits per heavy atom. The predicted octanol–water partition coefficient (Wildman–Crippen LogP) is 1.99. The van der Waals surface area contributed by atoms with E-state index in [9.17, 15) is 18.6 Å². The summed E-state index contributed by atoms with van der Waals surface area (Å²) in [7, 11) is -1.78. The van der Waals surface area contributed by atoms with Crippen molar-refractivity contribution in [1.29, 1.82) is 5.41 Å². The number of halogens is 1. The molecule has 0 heterocycles. The molecule has 0 aliphatic rings. The van der Waals surface area contributed by atoms with Crippen molar-refractivity contribution in [1.82, 2.24) is 10.0 Å². The molecule has 2 aromatic carbocycles. The zero-order valence-corrected chi connectivity index (χ0v) is 18.4. The lowest BCUT2D eigenvalue weighted by molar-refractivity contribution is -0.127. The second kappa shape index (κ2) is 10.7. The molecule has 0 bridgehead atoms. The number of carbonyl (C=O) groups is 3. The summed E-state index contributed by atoms with van der Waals surface area (Å²) in [5, 5.41) is 12.8. The second-order valence-electron chi connectivity index (χ2n) is 6.62. The molecule has 0 aromatic heterocycles. The van der Waals surface area contributed by atoms with Crippen molar-refractivity contribution in [3.63, 3.8) is 0 Å². The van der Waals surface area contributed by atoms with Gasteiger partial charge in [0.25, 0.3) is 0 Å². The molecule has 2 rings (SSSR count). The molecule has 0 aliphatic heterocycles. The fraction of sp³-hybridized carbons (Fsp3) is 0.200. The van der Waals surface area contributed by atoms with Crippen molar-refractivity contribution >= 4 is 51.8 Å². The summed E-state index contributed by atoms with van der Waals surface area (Å²) >= 11 is 6.15. The van der Waals surface area contributed by atoms with Gasteiger partial charge in [-0.2, -0.15) is 0 Å². The molecule has 0 fully saturated rings. The minimum Gasteiger partial charge on any atom is -0.384 e. The molecule has 0 saturated heterocycles. The first-order valence-corrected chi connectivity index (χ1v) is 10.6. The largest absolute Gasteiger partial charge is 0.384 e. The predicted molar refractivity (Wildman–Crippen MR) is 119 cm³/mol. The third kappa shape index (κ3) is 7.19. The number of amidine groups is 1. The first-order chi connectivity index (χ1) is 14.6. The lowest BCUT2D eigenvalue weighted by Gasteiger charge is -2.16. The Morgan fingerprint density at radius 2 is 1.77 bits per heavy atom. The number of nitrogens with one attached hydrogen (secondary N) is 4. The Bertz CT molecular complexity index is 1040. The van der Waals surface area contributed by atoms with Gasteiger partial charge in [-0.1, -0.05) is 17.7 Å². The third-order valence-corrected chi connectivity index (χ3v) is 5.72. The SMILES string of the molecule is CC(=O)NS(=O)c1ccc(C(C)NC(=O)CC(=O)Nc2ccc(C(=N)N)cc2)cc1Cl. The van der Waals surface area contributed by atoms with E-state index >= 15 is 0 Å². The summed E-state index contributed by atoms with van der Waals surface area (Å²) in [4.78, 5) is 35.6. The van der Waals surface area contributed by atoms with E-state index < -0.39 is 41.2 Å². The van der Waals surface area contributed by atoms with Gasteiger partial charge in [-0.3, -0.25) is 24.5 Å². The monoisotopic (exact) mass is 463 g/mol. The molecule has 11 heteroatoms. The minimum absolute atomic E-state index is 0.0827. The minimum atomic E-state index is -1.78. The van der Waals surface area contributed by atoms with E-state index in [4.69, 9.17) is 22.7 Å². The Hall–Kier alpha value is -3.24. The maximum absolute atomic E-state index is 12.2. The average molecular weight is 464 g/mol. The molecule has 6 N–H and O–H groups in total. The number of hydrogen-bond donors (Lipinski definition) is 5. The van der Waals surface area contributed by atoms with Gasteiger partial charge < -0.3 is 16.4 Å². The van der Waals surface area contributed by atoms with E-state index in [0.717, 1.165) is 0 Å². The lowest BCUT2D eigenvalue weighted by Crippen LogP contribution is -2.30. The molecular weight excluding hydrogens is 442 g/mol. The highest BCUT2D eigenvalue weighted by atomic mass is 35.5. The Kier molecular flexibility index (Phi) is 8.29. The van der Waals surface area contributed by atoms with Crippen molar-refractivity contribution in [2.75, 3.05) is 5.32 Å². The summed E-state index contributed by atoms with van der Waals surface area (Å²) < 4.78 is 14.3. The summed E-state index contributed by atoms with van der Waals surface area (Å²) in [6.45, 7) is 2.96. The average Bonchev–Trinajstić information content (AvgIpc) is 2.67. The highest BCUT2D eigenvalue weighted by molar-refractivity contribution is 7.83. The maximum Gasteiger partial charge on any atom is 0.233 e. The number of amides is 3. The molecule has 0 radical (unpaired) electrons. The molecule has 2 unspecified atom stereocenters. The van der Waals surface area contributed by atoms with Crippen molar-refractivity contribution in [3.8, 4) is 0 Å². The van der Waals surface area contributed by atoms with Crippen LogP contribution in [-0.2, 0) is 25.4 Å². The van der Waals surface area contributed by atoms with E-state index in [0.29, 0.717) is 16.8 Å². The number of carbonyl (C=O) groups excluding carboxylic acids is 3. The standard InChI is InChI=1S/C20H22ClN5O4S/c1-11(14-5-8-17(16(21)9-14)31(30)26-12(2)27)24-18(28)10-19(29)25-15-6-3-13(4-7-15)20(22)23/h3-9,11H,10H2,1-2H3,(H3,22,23)(H,24,28)(H,25,29)(H,26,27). The van der Waals surface area contributed by atoms with Gasteiger partial charge in [-0.15, -0.1) is 0 Å². The summed E-state index contributed by atoms with van der Waals surface area (Å²) in [6, 6.07) is 10.6. The van der Waals surface area contributed by atoms with Gasteiger partial charge in [0.15, 0.2) is 11.0 Å². The number of benzene rings is 2. The van der Waals surface area contributed by atoms with Crippen molar-refractivity contribution in [3.05, 3.63) is 58.6 Å². The van der Waals surface area contributed by atoms with Gasteiger partial charge in [0, 0.05) is 18.2 Å². The van der Waals surface area contributed by atoms with Crippen LogP contribution in [0.3, 0.4) is 0 Å². The van der Waals surface area contributed by atoms with E-state index in [2.05, 4.69) is 15.4 Å². The molecule has 31 heavy (non-hydrogen) atoms. The summed E-state index contributed by atoms with van der Waals surface area (Å²) in [5.74, 6) is -1.53. The number of rotatable bonds is 8. The van der Waals surface area contributed by atoms with Crippen LogP contribution in [-0.4, -0.2) is 27.8 Å². The van der Waals surface area contributed by atoms with Gasteiger partial charge in [0.2, 0.25) is 17.7 Å². The molecule has 9 nitrogen and oxygen atoms in total. The van der Waals surface area contributed by atoms with E-state index in [1.807, 2.05) is 0 Å². The molecule has 2 aromatic rings. The summed E-state index contributed by atoms with van der Waals surface area (Å²) in [6.07, 6.45) is -0.392. The van der Waals surface area contributed by atoms with Crippen LogP contribution in [0.4, 0.5) is 5.69 Å². The molecule has 0 spiro atoms. The molecule has 3 amide bonds. The van der Waals surface area contributed by atoms with Crippen LogP contribution >= 0.6 is 11.6 Å². The number of hydrogen-bond acceptors (Lipinski definition) is 5. The van der Waals surface area contributed by atoms with Crippen LogP contribution in [0.2, 0.25) is 5.02 Å². The second-order valence-corrected chi connectivity index (χ2v) is 8.21. The smallest absolute Gasteiger partial charge is 0.233 e. The van der Waals surface area contributed by atoms with E-state index in [1.165, 1.54) is 19.1 Å². The van der Waals surface area contributed by atoms with Gasteiger partial charge in [0.05, 0.1) is 16.0 Å². The lowest BCUT2D eigenvalue weighted by atomic mass is 10.1. The van der Waals surface area contributed by atoms with Crippen LogP contribution < -0.4 is 21.1 Å². The van der Waals surface area contributed by atoms with Crippen LogP contribution in [0.1, 0.15) is 37.4 Å². The Morgan fingerprint density at radius 3 is 2.32 bits per heavy atom. The van der Waals surface area contributed by atoms with Gasteiger partial charge in [0.1, 0.15) is 12.3 Å². The van der Waals surface area contributed by atoms with Gasteiger partial charge >= 0.3 is 0 Å². The fourth-order valence-electron chi connectivity index (χ4n) is 2.58. The zero-order valence-electron chi connectivity index (χ0n) is 16.8. The quantitative estimate of drug-likeness (QED) is 0.230. The molecule has 0 aliphatic carbocycles. The fourth-order valence-corrected chi connectivity index (χ4v) is 3.78. The highest BCUT2D eigenvalue weighted by Crippen LogP contribution is 2.24. The van der Waals surface area contributed by atoms with E-state index in [1.54, 1.807) is 37.3 Å².